The Labute approximate surface area is 139 Å². The molecule has 0 spiro atoms. The third kappa shape index (κ3) is 4.70. The van der Waals surface area contributed by atoms with E-state index >= 15 is 0 Å². The first kappa shape index (κ1) is 17.8. The maximum Gasteiger partial charge on any atom is 0.311 e. The molecule has 0 aliphatic rings. The molecule has 130 valence electrons. The number of hydrazine groups is 1. The zero-order chi connectivity index (χ0) is 18.4. The lowest BCUT2D eigenvalue weighted by Gasteiger charge is -2.09. The van der Waals surface area contributed by atoms with Crippen LogP contribution in [0, 0.1) is 21.7 Å². The maximum absolute atomic E-state index is 13.4. The summed E-state index contributed by atoms with van der Waals surface area (Å²) in [4.78, 5) is 33.3. The molecule has 2 N–H and O–H groups in total. The van der Waals surface area contributed by atoms with Crippen molar-refractivity contribution < 1.29 is 28.0 Å². The van der Waals surface area contributed by atoms with Crippen LogP contribution in [0.3, 0.4) is 0 Å². The second-order valence-electron chi connectivity index (χ2n) is 4.64. The number of halogens is 2. The molecule has 0 aliphatic heterocycles. The number of nitro benzene ring substituents is 1. The molecule has 0 bridgehead atoms. The first-order valence-electron chi connectivity index (χ1n) is 6.79. The van der Waals surface area contributed by atoms with Crippen molar-refractivity contribution in [2.45, 2.75) is 0 Å². The van der Waals surface area contributed by atoms with Gasteiger partial charge in [-0.15, -0.1) is 0 Å². The number of rotatable bonds is 5. The van der Waals surface area contributed by atoms with Gasteiger partial charge in [-0.25, -0.2) is 8.78 Å². The number of hydrogen-bond donors (Lipinski definition) is 2. The van der Waals surface area contributed by atoms with Crippen molar-refractivity contribution in [3.63, 3.8) is 0 Å². The van der Waals surface area contributed by atoms with E-state index in [9.17, 15) is 28.5 Å². The van der Waals surface area contributed by atoms with Gasteiger partial charge in [-0.1, -0.05) is 12.1 Å². The fourth-order valence-corrected chi connectivity index (χ4v) is 1.77. The SMILES string of the molecule is O=C(COc1cc(F)ccc1[N+](=O)[O-])NNC(=O)c1ccccc1F. The quantitative estimate of drug-likeness (QED) is 0.629. The minimum atomic E-state index is -0.900. The Hall–Kier alpha value is -3.56. The molecule has 0 radical (unpaired) electrons. The highest BCUT2D eigenvalue weighted by atomic mass is 19.1. The van der Waals surface area contributed by atoms with Crippen LogP contribution in [-0.4, -0.2) is 23.3 Å². The van der Waals surface area contributed by atoms with Crippen molar-refractivity contribution in [2.24, 2.45) is 0 Å². The van der Waals surface area contributed by atoms with Crippen molar-refractivity contribution in [1.29, 1.82) is 0 Å². The second kappa shape index (κ2) is 7.81. The number of nitrogens with zero attached hydrogens (tertiary/aromatic N) is 1. The molecule has 2 rings (SSSR count). The smallest absolute Gasteiger partial charge is 0.311 e. The average Bonchev–Trinajstić information content (AvgIpc) is 2.58. The summed E-state index contributed by atoms with van der Waals surface area (Å²) in [6.07, 6.45) is 0. The molecule has 0 saturated carbocycles. The number of ether oxygens (including phenoxy) is 1. The van der Waals surface area contributed by atoms with Crippen LogP contribution in [0.15, 0.2) is 42.5 Å². The van der Waals surface area contributed by atoms with Crippen LogP contribution in [0.5, 0.6) is 5.75 Å². The third-order valence-electron chi connectivity index (χ3n) is 2.91. The highest BCUT2D eigenvalue weighted by molar-refractivity contribution is 5.95. The molecule has 0 aliphatic carbocycles. The summed E-state index contributed by atoms with van der Waals surface area (Å²) in [6.45, 7) is -0.734. The van der Waals surface area contributed by atoms with Gasteiger partial charge in [-0.3, -0.25) is 30.6 Å². The van der Waals surface area contributed by atoms with Gasteiger partial charge in [0.15, 0.2) is 6.61 Å². The van der Waals surface area contributed by atoms with Crippen molar-refractivity contribution in [1.82, 2.24) is 10.9 Å². The van der Waals surface area contributed by atoms with Crippen molar-refractivity contribution in [3.05, 3.63) is 69.8 Å². The van der Waals surface area contributed by atoms with E-state index in [-0.39, 0.29) is 5.56 Å². The molecule has 0 atom stereocenters. The lowest BCUT2D eigenvalue weighted by molar-refractivity contribution is -0.385. The molecule has 10 heteroatoms. The molecule has 0 saturated heterocycles. The zero-order valence-electron chi connectivity index (χ0n) is 12.5. The molecule has 25 heavy (non-hydrogen) atoms. The Balaban J connectivity index is 1.91. The molecule has 2 aromatic rings. The summed E-state index contributed by atoms with van der Waals surface area (Å²) in [5.41, 5.74) is 3.10. The number of carbonyl (C=O) groups excluding carboxylic acids is 2. The molecule has 0 heterocycles. The van der Waals surface area contributed by atoms with Crippen molar-refractivity contribution in [3.8, 4) is 5.75 Å². The fourth-order valence-electron chi connectivity index (χ4n) is 1.77. The highest BCUT2D eigenvalue weighted by Gasteiger charge is 2.17. The van der Waals surface area contributed by atoms with Crippen LogP contribution in [0.25, 0.3) is 0 Å². The predicted octanol–water partition coefficient (Wildman–Crippen LogP) is 1.71. The first-order valence-corrected chi connectivity index (χ1v) is 6.79. The Kier molecular flexibility index (Phi) is 5.56. The average molecular weight is 351 g/mol. The van der Waals surface area contributed by atoms with E-state index in [1.54, 1.807) is 0 Å². The lowest BCUT2D eigenvalue weighted by atomic mass is 10.2. The van der Waals surface area contributed by atoms with Gasteiger partial charge in [0.2, 0.25) is 5.75 Å². The number of amides is 2. The molecular weight excluding hydrogens is 340 g/mol. The standard InChI is InChI=1S/C15H11F2N3O5/c16-9-5-6-12(20(23)24)13(7-9)25-8-14(21)18-19-15(22)10-3-1-2-4-11(10)17/h1-7H,8H2,(H,18,21)(H,19,22). The van der Waals surface area contributed by atoms with E-state index in [4.69, 9.17) is 4.74 Å². The number of benzene rings is 2. The number of hydrogen-bond acceptors (Lipinski definition) is 5. The Morgan fingerprint density at radius 2 is 1.84 bits per heavy atom. The van der Waals surface area contributed by atoms with E-state index in [0.29, 0.717) is 0 Å². The second-order valence-corrected chi connectivity index (χ2v) is 4.64. The predicted molar refractivity (Wildman–Crippen MR) is 80.6 cm³/mol. The summed E-state index contributed by atoms with van der Waals surface area (Å²) >= 11 is 0. The van der Waals surface area contributed by atoms with Gasteiger partial charge in [0, 0.05) is 12.1 Å². The van der Waals surface area contributed by atoms with Gasteiger partial charge in [0.05, 0.1) is 10.5 Å². The van der Waals surface area contributed by atoms with Crippen LogP contribution in [0.1, 0.15) is 10.4 Å². The zero-order valence-corrected chi connectivity index (χ0v) is 12.5. The summed E-state index contributed by atoms with van der Waals surface area (Å²) in [6, 6.07) is 7.63. The normalized spacial score (nSPS) is 10.0. The van der Waals surface area contributed by atoms with E-state index in [2.05, 4.69) is 0 Å². The maximum atomic E-state index is 13.4. The monoisotopic (exact) mass is 351 g/mol. The summed E-state index contributed by atoms with van der Waals surface area (Å²) in [5, 5.41) is 10.8. The minimum absolute atomic E-state index is 0.288. The number of nitrogens with one attached hydrogen (secondary N) is 2. The van der Waals surface area contributed by atoms with Crippen LogP contribution in [0.2, 0.25) is 0 Å². The first-order chi connectivity index (χ1) is 11.9. The van der Waals surface area contributed by atoms with Gasteiger partial charge in [-0.2, -0.15) is 0 Å². The summed E-state index contributed by atoms with van der Waals surface area (Å²) < 4.78 is 31.4. The summed E-state index contributed by atoms with van der Waals surface area (Å²) in [5.74, 6) is -3.79. The van der Waals surface area contributed by atoms with Gasteiger partial charge in [-0.05, 0) is 18.2 Å². The van der Waals surface area contributed by atoms with Gasteiger partial charge >= 0.3 is 5.69 Å². The van der Waals surface area contributed by atoms with Crippen LogP contribution in [-0.2, 0) is 4.79 Å². The molecule has 0 aromatic heterocycles. The fraction of sp³-hybridized carbons (Fsp3) is 0.0667. The van der Waals surface area contributed by atoms with Crippen LogP contribution in [0.4, 0.5) is 14.5 Å². The largest absolute Gasteiger partial charge is 0.477 e. The van der Waals surface area contributed by atoms with Crippen LogP contribution < -0.4 is 15.6 Å². The number of nitro groups is 1. The van der Waals surface area contributed by atoms with E-state index in [1.165, 1.54) is 18.2 Å². The Bertz CT molecular complexity index is 829. The van der Waals surface area contributed by atoms with Crippen molar-refractivity contribution >= 4 is 17.5 Å². The lowest BCUT2D eigenvalue weighted by Crippen LogP contribution is -2.44. The molecule has 0 fully saturated rings. The van der Waals surface area contributed by atoms with E-state index < -0.39 is 46.4 Å². The molecule has 0 unspecified atom stereocenters. The van der Waals surface area contributed by atoms with Gasteiger partial charge in [0.25, 0.3) is 11.8 Å². The van der Waals surface area contributed by atoms with E-state index in [1.807, 2.05) is 10.9 Å². The topological polar surface area (TPSA) is 111 Å². The Morgan fingerprint density at radius 1 is 1.12 bits per heavy atom. The summed E-state index contributed by atoms with van der Waals surface area (Å²) in [7, 11) is 0. The molecule has 8 nitrogen and oxygen atoms in total. The van der Waals surface area contributed by atoms with Gasteiger partial charge in [0.1, 0.15) is 11.6 Å². The highest BCUT2D eigenvalue weighted by Crippen LogP contribution is 2.27. The Morgan fingerprint density at radius 3 is 2.52 bits per heavy atom. The molecular formula is C15H11F2N3O5. The van der Waals surface area contributed by atoms with Gasteiger partial charge < -0.3 is 4.74 Å². The third-order valence-corrected chi connectivity index (χ3v) is 2.91. The number of carbonyl (C=O) groups is 2. The molecule has 2 aromatic carbocycles. The molecule has 2 amide bonds. The van der Waals surface area contributed by atoms with Crippen molar-refractivity contribution in [2.75, 3.05) is 6.61 Å². The van der Waals surface area contributed by atoms with E-state index in [0.717, 1.165) is 24.3 Å². The minimum Gasteiger partial charge on any atom is -0.477 e. The van der Waals surface area contributed by atoms with Crippen LogP contribution >= 0.6 is 0 Å².